The van der Waals surface area contributed by atoms with Crippen molar-refractivity contribution < 1.29 is 4.79 Å². The monoisotopic (exact) mass is 192 g/mol. The number of nitrogens with two attached hydrogens (primary N) is 1. The second kappa shape index (κ2) is 3.34. The van der Waals surface area contributed by atoms with Crippen molar-refractivity contribution in [1.82, 2.24) is 9.97 Å². The molecule has 0 bridgehead atoms. The number of aryl methyl sites for hydroxylation is 1. The van der Waals surface area contributed by atoms with Crippen molar-refractivity contribution in [1.29, 1.82) is 0 Å². The molecular weight excluding hydrogens is 180 g/mol. The molecule has 0 radical (unpaired) electrons. The number of carbonyl (C=O) groups is 1. The van der Waals surface area contributed by atoms with E-state index in [1.807, 2.05) is 0 Å². The highest BCUT2D eigenvalue weighted by molar-refractivity contribution is 5.98. The average molecular weight is 192 g/mol. The molecule has 1 aliphatic rings. The Morgan fingerprint density at radius 3 is 2.64 bits per heavy atom. The molecule has 1 aliphatic heterocycles. The molecule has 1 aromatic rings. The van der Waals surface area contributed by atoms with Gasteiger partial charge in [0.15, 0.2) is 0 Å². The number of amides is 1. The molecular formula is C9H12N4O. The van der Waals surface area contributed by atoms with E-state index in [0.29, 0.717) is 18.8 Å². The van der Waals surface area contributed by atoms with Crippen LogP contribution in [0.25, 0.3) is 0 Å². The van der Waals surface area contributed by atoms with Crippen LogP contribution in [0.1, 0.15) is 12.2 Å². The highest BCUT2D eigenvalue weighted by Gasteiger charge is 2.29. The van der Waals surface area contributed by atoms with Crippen molar-refractivity contribution in [3.05, 3.63) is 18.2 Å². The van der Waals surface area contributed by atoms with Gasteiger partial charge in [-0.05, 0) is 13.3 Å². The van der Waals surface area contributed by atoms with Crippen molar-refractivity contribution in [3.8, 4) is 0 Å². The van der Waals surface area contributed by atoms with Crippen LogP contribution >= 0.6 is 0 Å². The molecule has 0 spiro atoms. The number of nitrogens with zero attached hydrogens (tertiary/aromatic N) is 3. The molecule has 1 saturated heterocycles. The Kier molecular flexibility index (Phi) is 2.17. The summed E-state index contributed by atoms with van der Waals surface area (Å²) in [6.45, 7) is 2.47. The lowest BCUT2D eigenvalue weighted by Gasteiger charge is -2.14. The Morgan fingerprint density at radius 1 is 1.50 bits per heavy atom. The van der Waals surface area contributed by atoms with Gasteiger partial charge in [-0.15, -0.1) is 0 Å². The Labute approximate surface area is 82.0 Å². The first-order valence-electron chi connectivity index (χ1n) is 4.54. The number of hydrogen-bond acceptors (Lipinski definition) is 4. The van der Waals surface area contributed by atoms with Crippen molar-refractivity contribution in [2.24, 2.45) is 5.73 Å². The zero-order valence-corrected chi connectivity index (χ0v) is 7.97. The summed E-state index contributed by atoms with van der Waals surface area (Å²) in [5, 5.41) is 0. The van der Waals surface area contributed by atoms with E-state index in [-0.39, 0.29) is 11.9 Å². The molecule has 74 valence electrons. The van der Waals surface area contributed by atoms with E-state index in [4.69, 9.17) is 5.73 Å². The maximum absolute atomic E-state index is 11.5. The standard InChI is InChI=1S/C9H12N4O/c1-6-11-4-7(5-12-6)13-3-2-8(10)9(13)14/h4-5,8H,2-3,10H2,1H3. The SMILES string of the molecule is Cc1ncc(N2CCC(N)C2=O)cn1. The van der Waals surface area contributed by atoms with Gasteiger partial charge in [0.2, 0.25) is 5.91 Å². The van der Waals surface area contributed by atoms with Gasteiger partial charge in [0, 0.05) is 6.54 Å². The van der Waals surface area contributed by atoms with E-state index >= 15 is 0 Å². The van der Waals surface area contributed by atoms with E-state index in [9.17, 15) is 4.79 Å². The molecule has 1 unspecified atom stereocenters. The fraction of sp³-hybridized carbons (Fsp3) is 0.444. The quantitative estimate of drug-likeness (QED) is 0.671. The van der Waals surface area contributed by atoms with E-state index in [0.717, 1.165) is 5.69 Å². The van der Waals surface area contributed by atoms with Gasteiger partial charge < -0.3 is 10.6 Å². The van der Waals surface area contributed by atoms with E-state index in [1.165, 1.54) is 0 Å². The third kappa shape index (κ3) is 1.46. The fourth-order valence-corrected chi connectivity index (χ4v) is 1.48. The first-order valence-corrected chi connectivity index (χ1v) is 4.54. The molecule has 14 heavy (non-hydrogen) atoms. The maximum Gasteiger partial charge on any atom is 0.244 e. The molecule has 0 aromatic carbocycles. The summed E-state index contributed by atoms with van der Waals surface area (Å²) < 4.78 is 0. The van der Waals surface area contributed by atoms with Gasteiger partial charge in [-0.2, -0.15) is 0 Å². The minimum absolute atomic E-state index is 0.0440. The smallest absolute Gasteiger partial charge is 0.244 e. The van der Waals surface area contributed by atoms with Gasteiger partial charge in [0.25, 0.3) is 0 Å². The summed E-state index contributed by atoms with van der Waals surface area (Å²) in [6.07, 6.45) is 4.00. The van der Waals surface area contributed by atoms with Crippen molar-refractivity contribution in [2.45, 2.75) is 19.4 Å². The third-order valence-electron chi connectivity index (χ3n) is 2.33. The van der Waals surface area contributed by atoms with Gasteiger partial charge in [-0.1, -0.05) is 0 Å². The van der Waals surface area contributed by atoms with Gasteiger partial charge >= 0.3 is 0 Å². The molecule has 1 amide bonds. The normalized spacial score (nSPS) is 21.7. The van der Waals surface area contributed by atoms with Crippen LogP contribution in [0.3, 0.4) is 0 Å². The van der Waals surface area contributed by atoms with Gasteiger partial charge in [0.05, 0.1) is 24.1 Å². The minimum atomic E-state index is -0.365. The van der Waals surface area contributed by atoms with Crippen LogP contribution in [-0.4, -0.2) is 28.5 Å². The van der Waals surface area contributed by atoms with E-state index in [1.54, 1.807) is 24.2 Å². The van der Waals surface area contributed by atoms with Crippen molar-refractivity contribution >= 4 is 11.6 Å². The first-order chi connectivity index (χ1) is 6.68. The lowest BCUT2D eigenvalue weighted by atomic mass is 10.3. The van der Waals surface area contributed by atoms with Crippen LogP contribution in [0.4, 0.5) is 5.69 Å². The largest absolute Gasteiger partial charge is 0.320 e. The minimum Gasteiger partial charge on any atom is -0.320 e. The zero-order valence-electron chi connectivity index (χ0n) is 7.97. The predicted molar refractivity (Wildman–Crippen MR) is 51.7 cm³/mol. The molecule has 2 N–H and O–H groups in total. The number of hydrogen-bond donors (Lipinski definition) is 1. The lowest BCUT2D eigenvalue weighted by Crippen LogP contribution is -2.34. The number of aromatic nitrogens is 2. The molecule has 0 aliphatic carbocycles. The molecule has 0 saturated carbocycles. The van der Waals surface area contributed by atoms with Gasteiger partial charge in [0.1, 0.15) is 5.82 Å². The predicted octanol–water partition coefficient (Wildman–Crippen LogP) is -0.151. The Bertz CT molecular complexity index is 348. The fourth-order valence-electron chi connectivity index (χ4n) is 1.48. The topological polar surface area (TPSA) is 72.1 Å². The second-order valence-electron chi connectivity index (χ2n) is 3.37. The van der Waals surface area contributed by atoms with Crippen molar-refractivity contribution in [3.63, 3.8) is 0 Å². The molecule has 1 aromatic heterocycles. The summed E-state index contributed by atoms with van der Waals surface area (Å²) in [7, 11) is 0. The summed E-state index contributed by atoms with van der Waals surface area (Å²) in [5.74, 6) is 0.655. The summed E-state index contributed by atoms with van der Waals surface area (Å²) >= 11 is 0. The maximum atomic E-state index is 11.5. The Morgan fingerprint density at radius 2 is 2.14 bits per heavy atom. The molecule has 5 nitrogen and oxygen atoms in total. The van der Waals surface area contributed by atoms with E-state index in [2.05, 4.69) is 9.97 Å². The highest BCUT2D eigenvalue weighted by Crippen LogP contribution is 2.18. The van der Waals surface area contributed by atoms with Crippen LogP contribution < -0.4 is 10.6 Å². The van der Waals surface area contributed by atoms with Gasteiger partial charge in [-0.25, -0.2) is 9.97 Å². The summed E-state index contributed by atoms with van der Waals surface area (Å²) in [6, 6.07) is -0.365. The molecule has 2 heterocycles. The second-order valence-corrected chi connectivity index (χ2v) is 3.37. The highest BCUT2D eigenvalue weighted by atomic mass is 16.2. The van der Waals surface area contributed by atoms with E-state index < -0.39 is 0 Å². The summed E-state index contributed by atoms with van der Waals surface area (Å²) in [4.78, 5) is 21.2. The van der Waals surface area contributed by atoms with Crippen LogP contribution in [0.2, 0.25) is 0 Å². The van der Waals surface area contributed by atoms with Crippen LogP contribution in [0.5, 0.6) is 0 Å². The zero-order chi connectivity index (χ0) is 10.1. The third-order valence-corrected chi connectivity index (χ3v) is 2.33. The number of rotatable bonds is 1. The van der Waals surface area contributed by atoms with Crippen LogP contribution in [-0.2, 0) is 4.79 Å². The molecule has 1 atom stereocenters. The number of carbonyl (C=O) groups excluding carboxylic acids is 1. The summed E-state index contributed by atoms with van der Waals surface area (Å²) in [5.41, 5.74) is 6.33. The first kappa shape index (κ1) is 9.08. The van der Waals surface area contributed by atoms with Crippen LogP contribution in [0.15, 0.2) is 12.4 Å². The Balaban J connectivity index is 2.24. The van der Waals surface area contributed by atoms with Crippen LogP contribution in [0, 0.1) is 6.92 Å². The van der Waals surface area contributed by atoms with Gasteiger partial charge in [-0.3, -0.25) is 4.79 Å². The molecule has 2 rings (SSSR count). The molecule has 1 fully saturated rings. The molecule has 5 heteroatoms. The number of anilines is 1. The van der Waals surface area contributed by atoms with Crippen molar-refractivity contribution in [2.75, 3.05) is 11.4 Å². The Hall–Kier alpha value is -1.49. The lowest BCUT2D eigenvalue weighted by molar-refractivity contribution is -0.118. The average Bonchev–Trinajstić information content (AvgIpc) is 2.50.